The molecule has 1 spiro atoms. The van der Waals surface area contributed by atoms with Gasteiger partial charge in [0.2, 0.25) is 0 Å². The van der Waals surface area contributed by atoms with Gasteiger partial charge < -0.3 is 10.2 Å². The molecule has 1 atom stereocenters. The maximum atomic E-state index is 3.51. The van der Waals surface area contributed by atoms with E-state index in [2.05, 4.69) is 45.4 Å². The van der Waals surface area contributed by atoms with Crippen LogP contribution >= 0.6 is 0 Å². The van der Waals surface area contributed by atoms with E-state index < -0.39 is 0 Å². The SMILES string of the molecule is c1ccc(N2CCN(CC3CC34CCNCC4)CC2)cc1. The van der Waals surface area contributed by atoms with Crippen LogP contribution in [0.2, 0.25) is 0 Å². The molecule has 1 unspecified atom stereocenters. The second-order valence-corrected chi connectivity index (χ2v) is 7.14. The molecule has 3 fully saturated rings. The van der Waals surface area contributed by atoms with Crippen LogP contribution in [0.5, 0.6) is 0 Å². The molecule has 1 aliphatic carbocycles. The van der Waals surface area contributed by atoms with Gasteiger partial charge in [-0.3, -0.25) is 4.90 Å². The number of hydrogen-bond donors (Lipinski definition) is 1. The summed E-state index contributed by atoms with van der Waals surface area (Å²) in [4.78, 5) is 5.24. The van der Waals surface area contributed by atoms with Crippen LogP contribution in [0.15, 0.2) is 30.3 Å². The molecule has 3 heteroatoms. The summed E-state index contributed by atoms with van der Waals surface area (Å²) in [5.74, 6) is 0.989. The van der Waals surface area contributed by atoms with Crippen LogP contribution in [0.3, 0.4) is 0 Å². The first-order valence-corrected chi connectivity index (χ1v) is 8.59. The summed E-state index contributed by atoms with van der Waals surface area (Å²) in [5, 5.41) is 3.51. The molecule has 1 N–H and O–H groups in total. The van der Waals surface area contributed by atoms with Gasteiger partial charge in [-0.05, 0) is 55.8 Å². The summed E-state index contributed by atoms with van der Waals surface area (Å²) < 4.78 is 0. The van der Waals surface area contributed by atoms with Crippen LogP contribution in [0.25, 0.3) is 0 Å². The first kappa shape index (κ1) is 13.6. The third kappa shape index (κ3) is 2.82. The van der Waals surface area contributed by atoms with Crippen LogP contribution in [0.1, 0.15) is 19.3 Å². The van der Waals surface area contributed by atoms with E-state index in [1.54, 1.807) is 0 Å². The van der Waals surface area contributed by atoms with Crippen molar-refractivity contribution in [2.24, 2.45) is 11.3 Å². The van der Waals surface area contributed by atoms with Crippen molar-refractivity contribution in [2.45, 2.75) is 19.3 Å². The van der Waals surface area contributed by atoms with E-state index in [1.165, 1.54) is 70.8 Å². The Hall–Kier alpha value is -1.06. The predicted octanol–water partition coefficient (Wildman–Crippen LogP) is 2.20. The second kappa shape index (κ2) is 5.62. The molecule has 2 saturated heterocycles. The van der Waals surface area contributed by atoms with Gasteiger partial charge in [0.05, 0.1) is 0 Å². The Morgan fingerprint density at radius 3 is 2.43 bits per heavy atom. The molecule has 3 aliphatic rings. The molecule has 0 aromatic heterocycles. The fourth-order valence-corrected chi connectivity index (χ4v) is 4.37. The highest BCUT2D eigenvalue weighted by Crippen LogP contribution is 2.58. The fraction of sp³-hybridized carbons (Fsp3) is 0.667. The standard InChI is InChI=1S/C18H27N3/c1-2-4-17(5-3-1)21-12-10-20(11-13-21)15-16-14-18(16)6-8-19-9-7-18/h1-5,16,19H,6-15H2. The lowest BCUT2D eigenvalue weighted by molar-refractivity contribution is 0.219. The molecule has 1 saturated carbocycles. The molecule has 21 heavy (non-hydrogen) atoms. The fourth-order valence-electron chi connectivity index (χ4n) is 4.37. The average Bonchev–Trinajstić information content (AvgIpc) is 3.20. The normalized spacial score (nSPS) is 28.8. The summed E-state index contributed by atoms with van der Waals surface area (Å²) in [6, 6.07) is 10.9. The van der Waals surface area contributed by atoms with E-state index in [0.717, 1.165) is 11.3 Å². The van der Waals surface area contributed by atoms with Crippen molar-refractivity contribution in [1.82, 2.24) is 10.2 Å². The maximum Gasteiger partial charge on any atom is 0.0367 e. The third-order valence-electron chi connectivity index (χ3n) is 5.93. The minimum Gasteiger partial charge on any atom is -0.369 e. The first-order valence-electron chi connectivity index (χ1n) is 8.59. The van der Waals surface area contributed by atoms with Gasteiger partial charge in [0.1, 0.15) is 0 Å². The number of anilines is 1. The monoisotopic (exact) mass is 285 g/mol. The van der Waals surface area contributed by atoms with Crippen LogP contribution in [-0.4, -0.2) is 50.7 Å². The van der Waals surface area contributed by atoms with Gasteiger partial charge in [-0.2, -0.15) is 0 Å². The molecule has 0 radical (unpaired) electrons. The van der Waals surface area contributed by atoms with Crippen molar-refractivity contribution < 1.29 is 0 Å². The first-order chi connectivity index (χ1) is 10.4. The van der Waals surface area contributed by atoms with Crippen molar-refractivity contribution in [2.75, 3.05) is 50.7 Å². The van der Waals surface area contributed by atoms with E-state index in [-0.39, 0.29) is 0 Å². The van der Waals surface area contributed by atoms with Crippen LogP contribution in [-0.2, 0) is 0 Å². The third-order valence-corrected chi connectivity index (χ3v) is 5.93. The number of piperidine rings is 1. The summed E-state index contributed by atoms with van der Waals surface area (Å²) in [5.41, 5.74) is 2.13. The predicted molar refractivity (Wildman–Crippen MR) is 87.7 cm³/mol. The topological polar surface area (TPSA) is 18.5 Å². The maximum absolute atomic E-state index is 3.51. The molecule has 1 aromatic carbocycles. The van der Waals surface area contributed by atoms with Gasteiger partial charge in [0, 0.05) is 38.4 Å². The van der Waals surface area contributed by atoms with Gasteiger partial charge in [0.15, 0.2) is 0 Å². The lowest BCUT2D eigenvalue weighted by Crippen LogP contribution is -2.47. The highest BCUT2D eigenvalue weighted by molar-refractivity contribution is 5.46. The Balaban J connectivity index is 1.27. The van der Waals surface area contributed by atoms with Crippen LogP contribution in [0.4, 0.5) is 5.69 Å². The minimum atomic E-state index is 0.738. The number of rotatable bonds is 3. The largest absolute Gasteiger partial charge is 0.369 e. The lowest BCUT2D eigenvalue weighted by Gasteiger charge is -2.36. The molecule has 114 valence electrons. The molecule has 4 rings (SSSR count). The Kier molecular flexibility index (Phi) is 3.64. The van der Waals surface area contributed by atoms with Gasteiger partial charge in [-0.25, -0.2) is 0 Å². The van der Waals surface area contributed by atoms with E-state index in [4.69, 9.17) is 0 Å². The Bertz CT molecular complexity index is 459. The van der Waals surface area contributed by atoms with Gasteiger partial charge in [0.25, 0.3) is 0 Å². The zero-order valence-electron chi connectivity index (χ0n) is 12.9. The number of nitrogens with one attached hydrogen (secondary N) is 1. The van der Waals surface area contributed by atoms with Gasteiger partial charge >= 0.3 is 0 Å². The summed E-state index contributed by atoms with van der Waals surface area (Å²) >= 11 is 0. The quantitative estimate of drug-likeness (QED) is 0.918. The highest BCUT2D eigenvalue weighted by atomic mass is 15.3. The van der Waals surface area contributed by atoms with Crippen molar-refractivity contribution in [3.8, 4) is 0 Å². The Labute approximate surface area is 128 Å². The van der Waals surface area contributed by atoms with Crippen molar-refractivity contribution in [1.29, 1.82) is 0 Å². The van der Waals surface area contributed by atoms with Gasteiger partial charge in [-0.1, -0.05) is 18.2 Å². The summed E-state index contributed by atoms with van der Waals surface area (Å²) in [6.07, 6.45) is 4.33. The molecule has 0 amide bonds. The molecular formula is C18H27N3. The average molecular weight is 285 g/mol. The second-order valence-electron chi connectivity index (χ2n) is 7.14. The van der Waals surface area contributed by atoms with Crippen LogP contribution < -0.4 is 10.2 Å². The Morgan fingerprint density at radius 2 is 1.71 bits per heavy atom. The minimum absolute atomic E-state index is 0.738. The van der Waals surface area contributed by atoms with E-state index in [0.29, 0.717) is 0 Å². The molecular weight excluding hydrogens is 258 g/mol. The molecule has 0 bridgehead atoms. The molecule has 2 aliphatic heterocycles. The Morgan fingerprint density at radius 1 is 1.00 bits per heavy atom. The smallest absolute Gasteiger partial charge is 0.0367 e. The van der Waals surface area contributed by atoms with Crippen molar-refractivity contribution >= 4 is 5.69 Å². The lowest BCUT2D eigenvalue weighted by atomic mass is 9.92. The number of nitrogens with zero attached hydrogens (tertiary/aromatic N) is 2. The van der Waals surface area contributed by atoms with Gasteiger partial charge in [-0.15, -0.1) is 0 Å². The number of piperazine rings is 1. The zero-order valence-corrected chi connectivity index (χ0v) is 12.9. The van der Waals surface area contributed by atoms with Crippen molar-refractivity contribution in [3.05, 3.63) is 30.3 Å². The number of hydrogen-bond acceptors (Lipinski definition) is 3. The molecule has 3 nitrogen and oxygen atoms in total. The van der Waals surface area contributed by atoms with E-state index in [9.17, 15) is 0 Å². The molecule has 1 aromatic rings. The highest BCUT2D eigenvalue weighted by Gasteiger charge is 2.53. The zero-order chi connectivity index (χ0) is 14.1. The van der Waals surface area contributed by atoms with E-state index in [1.807, 2.05) is 0 Å². The summed E-state index contributed by atoms with van der Waals surface area (Å²) in [6.45, 7) is 8.69. The number of para-hydroxylation sites is 1. The number of benzene rings is 1. The van der Waals surface area contributed by atoms with Crippen LogP contribution in [0, 0.1) is 11.3 Å². The van der Waals surface area contributed by atoms with E-state index >= 15 is 0 Å². The molecule has 2 heterocycles. The summed E-state index contributed by atoms with van der Waals surface area (Å²) in [7, 11) is 0. The van der Waals surface area contributed by atoms with Crippen molar-refractivity contribution in [3.63, 3.8) is 0 Å².